The van der Waals surface area contributed by atoms with E-state index in [-0.39, 0.29) is 18.6 Å². The zero-order valence-corrected chi connectivity index (χ0v) is 10.2. The van der Waals surface area contributed by atoms with Crippen LogP contribution >= 0.6 is 12.6 Å². The summed E-state index contributed by atoms with van der Waals surface area (Å²) in [4.78, 5) is 12.5. The standard InChI is InChI=1S/C12H17NO2S/c1-9(6-7-14)13-12(15)8-10-2-4-11(16)5-3-10/h2-5,9,14,16H,6-8H2,1H3,(H,13,15). The molecule has 0 aromatic heterocycles. The number of aliphatic hydroxyl groups excluding tert-OH is 1. The molecule has 0 bridgehead atoms. The summed E-state index contributed by atoms with van der Waals surface area (Å²) in [6.07, 6.45) is 0.950. The molecule has 1 aromatic carbocycles. The molecule has 1 aromatic rings. The molecular formula is C12H17NO2S. The van der Waals surface area contributed by atoms with E-state index in [0.717, 1.165) is 10.5 Å². The van der Waals surface area contributed by atoms with Gasteiger partial charge in [0.1, 0.15) is 0 Å². The van der Waals surface area contributed by atoms with Gasteiger partial charge in [0.2, 0.25) is 5.91 Å². The summed E-state index contributed by atoms with van der Waals surface area (Å²) < 4.78 is 0. The number of aliphatic hydroxyl groups is 1. The molecule has 0 saturated carbocycles. The van der Waals surface area contributed by atoms with Gasteiger partial charge in [-0.3, -0.25) is 4.79 Å². The lowest BCUT2D eigenvalue weighted by atomic mass is 10.1. The Kier molecular flexibility index (Phi) is 5.35. The molecule has 0 saturated heterocycles. The molecule has 0 aliphatic carbocycles. The molecule has 0 heterocycles. The molecule has 1 atom stereocenters. The molecule has 0 radical (unpaired) electrons. The van der Waals surface area contributed by atoms with Gasteiger partial charge in [0.05, 0.1) is 6.42 Å². The van der Waals surface area contributed by atoms with Crippen molar-refractivity contribution in [2.24, 2.45) is 0 Å². The number of carbonyl (C=O) groups is 1. The maximum absolute atomic E-state index is 11.6. The van der Waals surface area contributed by atoms with Gasteiger partial charge in [-0.15, -0.1) is 12.6 Å². The number of carbonyl (C=O) groups excluding carboxylic acids is 1. The molecule has 4 heteroatoms. The quantitative estimate of drug-likeness (QED) is 0.680. The SMILES string of the molecule is CC(CCO)NC(=O)Cc1ccc(S)cc1. The Morgan fingerprint density at radius 3 is 2.62 bits per heavy atom. The third-order valence-corrected chi connectivity index (χ3v) is 2.57. The fourth-order valence-electron chi connectivity index (χ4n) is 1.39. The number of nitrogens with one attached hydrogen (secondary N) is 1. The highest BCUT2D eigenvalue weighted by molar-refractivity contribution is 7.80. The van der Waals surface area contributed by atoms with Crippen molar-refractivity contribution >= 4 is 18.5 Å². The van der Waals surface area contributed by atoms with Crippen LogP contribution in [-0.2, 0) is 11.2 Å². The monoisotopic (exact) mass is 239 g/mol. The van der Waals surface area contributed by atoms with Gasteiger partial charge in [0.15, 0.2) is 0 Å². The van der Waals surface area contributed by atoms with Crippen LogP contribution in [0, 0.1) is 0 Å². The normalized spacial score (nSPS) is 12.2. The Morgan fingerprint density at radius 2 is 2.06 bits per heavy atom. The van der Waals surface area contributed by atoms with Gasteiger partial charge in [-0.25, -0.2) is 0 Å². The highest BCUT2D eigenvalue weighted by Gasteiger charge is 2.07. The molecule has 0 fully saturated rings. The minimum Gasteiger partial charge on any atom is -0.396 e. The van der Waals surface area contributed by atoms with Crippen LogP contribution in [0.15, 0.2) is 29.2 Å². The van der Waals surface area contributed by atoms with Crippen LogP contribution in [0.1, 0.15) is 18.9 Å². The maximum atomic E-state index is 11.6. The summed E-state index contributed by atoms with van der Waals surface area (Å²) in [7, 11) is 0. The topological polar surface area (TPSA) is 49.3 Å². The third kappa shape index (κ3) is 4.68. The lowest BCUT2D eigenvalue weighted by Gasteiger charge is -2.12. The Bertz CT molecular complexity index is 337. The molecular weight excluding hydrogens is 222 g/mol. The summed E-state index contributed by atoms with van der Waals surface area (Å²) in [6, 6.07) is 7.52. The first-order valence-electron chi connectivity index (χ1n) is 5.30. The van der Waals surface area contributed by atoms with Crippen LogP contribution in [-0.4, -0.2) is 23.7 Å². The zero-order chi connectivity index (χ0) is 12.0. The van der Waals surface area contributed by atoms with E-state index >= 15 is 0 Å². The van der Waals surface area contributed by atoms with Gasteiger partial charge >= 0.3 is 0 Å². The van der Waals surface area contributed by atoms with Crippen LogP contribution in [0.2, 0.25) is 0 Å². The van der Waals surface area contributed by atoms with Crippen LogP contribution in [0.5, 0.6) is 0 Å². The van der Waals surface area contributed by atoms with Crippen molar-refractivity contribution < 1.29 is 9.90 Å². The van der Waals surface area contributed by atoms with E-state index in [4.69, 9.17) is 5.11 Å². The number of rotatable bonds is 5. The second-order valence-corrected chi connectivity index (χ2v) is 4.34. The Hall–Kier alpha value is -1.00. The number of amides is 1. The summed E-state index contributed by atoms with van der Waals surface area (Å²) in [6.45, 7) is 1.97. The average Bonchev–Trinajstić information content (AvgIpc) is 2.21. The third-order valence-electron chi connectivity index (χ3n) is 2.27. The van der Waals surface area contributed by atoms with Crippen LogP contribution in [0.4, 0.5) is 0 Å². The summed E-state index contributed by atoms with van der Waals surface area (Å²) >= 11 is 4.18. The summed E-state index contributed by atoms with van der Waals surface area (Å²) in [5.41, 5.74) is 0.964. The molecule has 2 N–H and O–H groups in total. The van der Waals surface area contributed by atoms with Crippen molar-refractivity contribution in [2.45, 2.75) is 30.7 Å². The minimum atomic E-state index is -0.0205. The van der Waals surface area contributed by atoms with Crippen molar-refractivity contribution in [1.29, 1.82) is 0 Å². The van der Waals surface area contributed by atoms with E-state index in [1.807, 2.05) is 31.2 Å². The second-order valence-electron chi connectivity index (χ2n) is 3.82. The van der Waals surface area contributed by atoms with Gasteiger partial charge in [-0.1, -0.05) is 12.1 Å². The van der Waals surface area contributed by atoms with Gasteiger partial charge in [0, 0.05) is 17.5 Å². The Balaban J connectivity index is 2.42. The number of benzene rings is 1. The van der Waals surface area contributed by atoms with Crippen LogP contribution < -0.4 is 5.32 Å². The first-order chi connectivity index (χ1) is 7.61. The van der Waals surface area contributed by atoms with Crippen LogP contribution in [0.3, 0.4) is 0 Å². The molecule has 1 amide bonds. The van der Waals surface area contributed by atoms with E-state index < -0.39 is 0 Å². The summed E-state index contributed by atoms with van der Waals surface area (Å²) in [5.74, 6) is -0.0205. The molecule has 16 heavy (non-hydrogen) atoms. The van der Waals surface area contributed by atoms with Gasteiger partial charge in [-0.2, -0.15) is 0 Å². The van der Waals surface area contributed by atoms with Gasteiger partial charge in [-0.05, 0) is 31.0 Å². The molecule has 0 aliphatic rings. The molecule has 0 aliphatic heterocycles. The fraction of sp³-hybridized carbons (Fsp3) is 0.417. The predicted molar refractivity (Wildman–Crippen MR) is 66.7 cm³/mol. The molecule has 1 rings (SSSR count). The van der Waals surface area contributed by atoms with E-state index in [1.54, 1.807) is 0 Å². The highest BCUT2D eigenvalue weighted by atomic mass is 32.1. The fourth-order valence-corrected chi connectivity index (χ4v) is 1.54. The molecule has 1 unspecified atom stereocenters. The van der Waals surface area contributed by atoms with E-state index in [0.29, 0.717) is 12.8 Å². The first-order valence-corrected chi connectivity index (χ1v) is 5.74. The molecule has 88 valence electrons. The van der Waals surface area contributed by atoms with E-state index in [2.05, 4.69) is 17.9 Å². The van der Waals surface area contributed by atoms with Crippen molar-refractivity contribution in [2.75, 3.05) is 6.61 Å². The maximum Gasteiger partial charge on any atom is 0.224 e. The largest absolute Gasteiger partial charge is 0.396 e. The highest BCUT2D eigenvalue weighted by Crippen LogP contribution is 2.08. The Morgan fingerprint density at radius 1 is 1.44 bits per heavy atom. The van der Waals surface area contributed by atoms with E-state index in [1.165, 1.54) is 0 Å². The smallest absolute Gasteiger partial charge is 0.224 e. The molecule has 3 nitrogen and oxygen atoms in total. The molecule has 0 spiro atoms. The van der Waals surface area contributed by atoms with E-state index in [9.17, 15) is 4.79 Å². The van der Waals surface area contributed by atoms with Crippen LogP contribution in [0.25, 0.3) is 0 Å². The minimum absolute atomic E-state index is 0.0154. The van der Waals surface area contributed by atoms with Crippen molar-refractivity contribution in [3.63, 3.8) is 0 Å². The summed E-state index contributed by atoms with van der Waals surface area (Å²) in [5, 5.41) is 11.5. The zero-order valence-electron chi connectivity index (χ0n) is 9.31. The van der Waals surface area contributed by atoms with Gasteiger partial charge in [0.25, 0.3) is 0 Å². The number of hydrogen-bond acceptors (Lipinski definition) is 3. The predicted octanol–water partition coefficient (Wildman–Crippen LogP) is 1.40. The average molecular weight is 239 g/mol. The Labute approximate surface area is 101 Å². The lowest BCUT2D eigenvalue weighted by molar-refractivity contribution is -0.121. The lowest BCUT2D eigenvalue weighted by Crippen LogP contribution is -2.34. The van der Waals surface area contributed by atoms with Crippen molar-refractivity contribution in [1.82, 2.24) is 5.32 Å². The number of hydrogen-bond donors (Lipinski definition) is 3. The second kappa shape index (κ2) is 6.55. The first kappa shape index (κ1) is 13.1. The van der Waals surface area contributed by atoms with Crippen molar-refractivity contribution in [3.8, 4) is 0 Å². The number of thiol groups is 1. The van der Waals surface area contributed by atoms with Gasteiger partial charge < -0.3 is 10.4 Å². The van der Waals surface area contributed by atoms with Crippen molar-refractivity contribution in [3.05, 3.63) is 29.8 Å².